The molecule has 1 aromatic carbocycles. The summed E-state index contributed by atoms with van der Waals surface area (Å²) in [4.78, 5) is 10.8. The SMILES string of the molecule is Cc1noc(CCC2=CSC(N)N2c2ncc(Br)cc2Oc2ccccc2)n1. The molecule has 0 spiro atoms. The fraction of sp³-hybridized carbons (Fsp3) is 0.211. The van der Waals surface area contributed by atoms with E-state index in [1.807, 2.05) is 46.7 Å². The molecule has 0 saturated heterocycles. The lowest BCUT2D eigenvalue weighted by atomic mass is 10.2. The van der Waals surface area contributed by atoms with Crippen molar-refractivity contribution in [2.45, 2.75) is 25.3 Å². The Morgan fingerprint density at radius 2 is 2.11 bits per heavy atom. The molecular formula is C19H18BrN5O2S. The van der Waals surface area contributed by atoms with Gasteiger partial charge >= 0.3 is 0 Å². The number of ether oxygens (including phenoxy) is 1. The van der Waals surface area contributed by atoms with Crippen LogP contribution in [0, 0.1) is 6.92 Å². The van der Waals surface area contributed by atoms with Crippen LogP contribution in [0.15, 0.2) is 62.7 Å². The Kier molecular flexibility index (Phi) is 5.65. The number of aromatic nitrogens is 3. The number of para-hydroxylation sites is 1. The molecule has 0 radical (unpaired) electrons. The number of hydrogen-bond donors (Lipinski definition) is 1. The fourth-order valence-electron chi connectivity index (χ4n) is 2.83. The van der Waals surface area contributed by atoms with Gasteiger partial charge in [-0.2, -0.15) is 4.98 Å². The molecule has 3 heterocycles. The van der Waals surface area contributed by atoms with Crippen LogP contribution in [0.3, 0.4) is 0 Å². The smallest absolute Gasteiger partial charge is 0.227 e. The Bertz CT molecular complexity index is 995. The first-order valence-electron chi connectivity index (χ1n) is 8.67. The molecule has 3 aromatic rings. The summed E-state index contributed by atoms with van der Waals surface area (Å²) < 4.78 is 12.1. The van der Waals surface area contributed by atoms with E-state index in [0.29, 0.717) is 36.1 Å². The number of thioether (sulfide) groups is 1. The summed E-state index contributed by atoms with van der Waals surface area (Å²) in [7, 11) is 0. The number of hydrogen-bond acceptors (Lipinski definition) is 8. The first-order chi connectivity index (χ1) is 13.6. The first kappa shape index (κ1) is 19.0. The number of rotatable bonds is 6. The van der Waals surface area contributed by atoms with Crippen molar-refractivity contribution >= 4 is 33.5 Å². The quantitative estimate of drug-likeness (QED) is 0.571. The Balaban J connectivity index is 1.59. The second-order valence-electron chi connectivity index (χ2n) is 6.13. The molecule has 0 amide bonds. The van der Waals surface area contributed by atoms with E-state index in [1.165, 1.54) is 11.8 Å². The van der Waals surface area contributed by atoms with Gasteiger partial charge in [-0.25, -0.2) is 4.98 Å². The van der Waals surface area contributed by atoms with E-state index in [4.69, 9.17) is 15.0 Å². The third-order valence-corrected chi connectivity index (χ3v) is 5.40. The van der Waals surface area contributed by atoms with Gasteiger partial charge in [0.25, 0.3) is 0 Å². The maximum Gasteiger partial charge on any atom is 0.227 e. The van der Waals surface area contributed by atoms with Gasteiger partial charge in [-0.15, -0.1) is 0 Å². The highest BCUT2D eigenvalue weighted by molar-refractivity contribution is 9.10. The van der Waals surface area contributed by atoms with Crippen molar-refractivity contribution in [1.29, 1.82) is 0 Å². The fourth-order valence-corrected chi connectivity index (χ4v) is 4.02. The van der Waals surface area contributed by atoms with Gasteiger partial charge in [0.2, 0.25) is 5.89 Å². The van der Waals surface area contributed by atoms with Crippen LogP contribution < -0.4 is 15.4 Å². The summed E-state index contributed by atoms with van der Waals surface area (Å²) >= 11 is 5.01. The second-order valence-corrected chi connectivity index (χ2v) is 8.04. The van der Waals surface area contributed by atoms with Crippen molar-refractivity contribution in [1.82, 2.24) is 15.1 Å². The number of allylic oxidation sites excluding steroid dienone is 1. The molecule has 0 saturated carbocycles. The van der Waals surface area contributed by atoms with Crippen molar-refractivity contribution in [2.24, 2.45) is 5.73 Å². The molecule has 0 bridgehead atoms. The van der Waals surface area contributed by atoms with Crippen LogP contribution in [0.1, 0.15) is 18.1 Å². The third kappa shape index (κ3) is 4.21. The molecule has 1 aliphatic rings. The molecule has 0 fully saturated rings. The van der Waals surface area contributed by atoms with Crippen molar-refractivity contribution in [3.63, 3.8) is 0 Å². The number of pyridine rings is 1. The molecule has 1 aliphatic heterocycles. The predicted molar refractivity (Wildman–Crippen MR) is 112 cm³/mol. The van der Waals surface area contributed by atoms with E-state index in [9.17, 15) is 0 Å². The van der Waals surface area contributed by atoms with E-state index in [-0.39, 0.29) is 5.50 Å². The Morgan fingerprint density at radius 3 is 2.86 bits per heavy atom. The van der Waals surface area contributed by atoms with E-state index < -0.39 is 0 Å². The Hall–Kier alpha value is -2.36. The third-order valence-electron chi connectivity index (χ3n) is 4.07. The number of nitrogens with two attached hydrogens (primary N) is 1. The van der Waals surface area contributed by atoms with Crippen molar-refractivity contribution in [2.75, 3.05) is 4.90 Å². The zero-order chi connectivity index (χ0) is 19.5. The number of aryl methyl sites for hydroxylation is 2. The summed E-state index contributed by atoms with van der Waals surface area (Å²) in [5.74, 6) is 3.26. The molecular weight excluding hydrogens is 442 g/mol. The normalized spacial score (nSPS) is 16.3. The minimum atomic E-state index is -0.286. The van der Waals surface area contributed by atoms with Gasteiger partial charge in [0, 0.05) is 28.9 Å². The number of halogens is 1. The van der Waals surface area contributed by atoms with Crippen LogP contribution in [0.4, 0.5) is 5.82 Å². The lowest BCUT2D eigenvalue weighted by molar-refractivity contribution is 0.374. The lowest BCUT2D eigenvalue weighted by Crippen LogP contribution is -2.36. The highest BCUT2D eigenvalue weighted by atomic mass is 79.9. The largest absolute Gasteiger partial charge is 0.453 e. The van der Waals surface area contributed by atoms with Crippen molar-refractivity contribution in [3.05, 3.63) is 69.9 Å². The zero-order valence-corrected chi connectivity index (χ0v) is 17.5. The minimum Gasteiger partial charge on any atom is -0.453 e. The summed E-state index contributed by atoms with van der Waals surface area (Å²) in [6.45, 7) is 1.80. The van der Waals surface area contributed by atoms with Gasteiger partial charge in [0.1, 0.15) is 11.2 Å². The highest BCUT2D eigenvalue weighted by Gasteiger charge is 2.29. The molecule has 1 unspecified atom stereocenters. The number of nitrogens with zero attached hydrogens (tertiary/aromatic N) is 4. The summed E-state index contributed by atoms with van der Waals surface area (Å²) in [5.41, 5.74) is 7.10. The maximum absolute atomic E-state index is 6.35. The van der Waals surface area contributed by atoms with Crippen molar-refractivity contribution in [3.8, 4) is 11.5 Å². The molecule has 0 aliphatic carbocycles. The Morgan fingerprint density at radius 1 is 1.29 bits per heavy atom. The molecule has 1 atom stereocenters. The van der Waals surface area contributed by atoms with E-state index in [2.05, 4.69) is 31.1 Å². The number of anilines is 1. The van der Waals surface area contributed by atoms with Gasteiger partial charge in [-0.1, -0.05) is 35.1 Å². The molecule has 9 heteroatoms. The minimum absolute atomic E-state index is 0.286. The Labute approximate surface area is 175 Å². The summed E-state index contributed by atoms with van der Waals surface area (Å²) in [6.07, 6.45) is 3.06. The van der Waals surface area contributed by atoms with Crippen LogP contribution in [-0.2, 0) is 6.42 Å². The van der Waals surface area contributed by atoms with Gasteiger partial charge in [0.15, 0.2) is 17.4 Å². The van der Waals surface area contributed by atoms with Crippen LogP contribution in [0.2, 0.25) is 0 Å². The molecule has 2 N–H and O–H groups in total. The molecule has 2 aromatic heterocycles. The average Bonchev–Trinajstić information content (AvgIpc) is 3.27. The second kappa shape index (κ2) is 8.34. The van der Waals surface area contributed by atoms with Crippen molar-refractivity contribution < 1.29 is 9.26 Å². The van der Waals surface area contributed by atoms with Gasteiger partial charge in [-0.3, -0.25) is 0 Å². The molecule has 4 rings (SSSR count). The van der Waals surface area contributed by atoms with Crippen LogP contribution in [0.5, 0.6) is 11.5 Å². The monoisotopic (exact) mass is 459 g/mol. The molecule has 7 nitrogen and oxygen atoms in total. The molecule has 144 valence electrons. The summed E-state index contributed by atoms with van der Waals surface area (Å²) in [5, 5.41) is 5.88. The van der Waals surface area contributed by atoms with E-state index in [1.54, 1.807) is 13.1 Å². The molecule has 28 heavy (non-hydrogen) atoms. The predicted octanol–water partition coefficient (Wildman–Crippen LogP) is 4.60. The topological polar surface area (TPSA) is 90.3 Å². The van der Waals surface area contributed by atoms with Gasteiger partial charge < -0.3 is 19.9 Å². The van der Waals surface area contributed by atoms with E-state index in [0.717, 1.165) is 15.9 Å². The summed E-state index contributed by atoms with van der Waals surface area (Å²) in [6, 6.07) is 11.5. The van der Waals surface area contributed by atoms with E-state index >= 15 is 0 Å². The van der Waals surface area contributed by atoms with Gasteiger partial charge in [-0.05, 0) is 46.8 Å². The first-order valence-corrected chi connectivity index (χ1v) is 10.4. The lowest BCUT2D eigenvalue weighted by Gasteiger charge is -2.27. The maximum atomic E-state index is 6.35. The van der Waals surface area contributed by atoms with Crippen LogP contribution >= 0.6 is 27.7 Å². The zero-order valence-electron chi connectivity index (χ0n) is 15.1. The van der Waals surface area contributed by atoms with Gasteiger partial charge in [0.05, 0.1) is 0 Å². The highest BCUT2D eigenvalue weighted by Crippen LogP contribution is 2.41. The number of benzene rings is 1. The average molecular weight is 460 g/mol. The van der Waals surface area contributed by atoms with Crippen LogP contribution in [0.25, 0.3) is 0 Å². The standard InChI is InChI=1S/C19H18BrN5O2S/c1-12-23-17(27-24-12)8-7-14-11-28-19(21)25(14)18-16(9-13(20)10-22-18)26-15-5-3-2-4-6-15/h2-6,9-11,19H,7-8,21H2,1H3. The van der Waals surface area contributed by atoms with Crippen LogP contribution in [-0.4, -0.2) is 20.6 Å².